The molecule has 0 radical (unpaired) electrons. The molecule has 14 heavy (non-hydrogen) atoms. The lowest BCUT2D eigenvalue weighted by atomic mass is 9.71. The fourth-order valence-corrected chi connectivity index (χ4v) is 2.60. The van der Waals surface area contributed by atoms with Crippen molar-refractivity contribution in [1.82, 2.24) is 0 Å². The smallest absolute Gasteiger partial charge is 0.0462 e. The van der Waals surface area contributed by atoms with Crippen LogP contribution in [0.1, 0.15) is 51.4 Å². The molecule has 0 atom stereocenters. The van der Waals surface area contributed by atoms with Crippen LogP contribution in [-0.2, 0) is 4.74 Å². The highest BCUT2D eigenvalue weighted by atomic mass is 16.5. The second-order valence-electron chi connectivity index (χ2n) is 4.71. The van der Waals surface area contributed by atoms with E-state index in [2.05, 4.69) is 0 Å². The van der Waals surface area contributed by atoms with Crippen LogP contribution in [-0.4, -0.2) is 20.3 Å². The average Bonchev–Trinajstić information content (AvgIpc) is 2.26. The van der Waals surface area contributed by atoms with Gasteiger partial charge in [0.25, 0.3) is 0 Å². The quantitative estimate of drug-likeness (QED) is 0.668. The van der Waals surface area contributed by atoms with Crippen molar-refractivity contribution in [2.75, 3.05) is 20.3 Å². The molecule has 0 aromatic carbocycles. The Morgan fingerprint density at radius 3 is 2.43 bits per heavy atom. The van der Waals surface area contributed by atoms with Gasteiger partial charge in [0.05, 0.1) is 0 Å². The van der Waals surface area contributed by atoms with Gasteiger partial charge in [-0.2, -0.15) is 0 Å². The van der Waals surface area contributed by atoms with Gasteiger partial charge in [0.2, 0.25) is 0 Å². The van der Waals surface area contributed by atoms with Gasteiger partial charge < -0.3 is 10.5 Å². The highest BCUT2D eigenvalue weighted by molar-refractivity contribution is 4.83. The van der Waals surface area contributed by atoms with Crippen molar-refractivity contribution in [2.45, 2.75) is 51.4 Å². The summed E-state index contributed by atoms with van der Waals surface area (Å²) in [5.41, 5.74) is 6.41. The molecule has 0 aromatic rings. The molecule has 0 aromatic heterocycles. The topological polar surface area (TPSA) is 35.2 Å². The second kappa shape index (κ2) is 6.41. The Morgan fingerprint density at radius 1 is 1.14 bits per heavy atom. The first-order valence-corrected chi connectivity index (χ1v) is 6.02. The first-order chi connectivity index (χ1) is 6.83. The molecule has 0 bridgehead atoms. The summed E-state index contributed by atoms with van der Waals surface area (Å²) >= 11 is 0. The van der Waals surface area contributed by atoms with E-state index in [0.29, 0.717) is 5.41 Å². The maximum absolute atomic E-state index is 5.92. The largest absolute Gasteiger partial charge is 0.385 e. The van der Waals surface area contributed by atoms with Crippen LogP contribution in [0.2, 0.25) is 0 Å². The standard InChI is InChI=1S/C12H25NO/c1-14-10-6-5-9-12(11-13)7-3-2-4-8-12/h2-11,13H2,1H3. The predicted molar refractivity (Wildman–Crippen MR) is 60.3 cm³/mol. The first-order valence-electron chi connectivity index (χ1n) is 6.02. The van der Waals surface area contributed by atoms with E-state index in [-0.39, 0.29) is 0 Å². The minimum atomic E-state index is 0.492. The Labute approximate surface area is 88.2 Å². The summed E-state index contributed by atoms with van der Waals surface area (Å²) in [6, 6.07) is 0. The van der Waals surface area contributed by atoms with E-state index in [1.165, 1.54) is 51.4 Å². The van der Waals surface area contributed by atoms with E-state index in [1.807, 2.05) is 0 Å². The molecular formula is C12H25NO. The number of nitrogens with two attached hydrogens (primary N) is 1. The van der Waals surface area contributed by atoms with E-state index >= 15 is 0 Å². The predicted octanol–water partition coefficient (Wildman–Crippen LogP) is 2.71. The number of ether oxygens (including phenoxy) is 1. The fourth-order valence-electron chi connectivity index (χ4n) is 2.60. The van der Waals surface area contributed by atoms with Crippen LogP contribution >= 0.6 is 0 Å². The zero-order valence-electron chi connectivity index (χ0n) is 9.56. The van der Waals surface area contributed by atoms with Crippen molar-refractivity contribution in [1.29, 1.82) is 0 Å². The average molecular weight is 199 g/mol. The maximum Gasteiger partial charge on any atom is 0.0462 e. The van der Waals surface area contributed by atoms with Gasteiger partial charge in [-0.1, -0.05) is 25.7 Å². The molecule has 0 spiro atoms. The summed E-state index contributed by atoms with van der Waals surface area (Å²) in [5, 5.41) is 0. The van der Waals surface area contributed by atoms with Crippen LogP contribution in [0.25, 0.3) is 0 Å². The van der Waals surface area contributed by atoms with Gasteiger partial charge >= 0.3 is 0 Å². The molecule has 2 N–H and O–H groups in total. The third-order valence-electron chi connectivity index (χ3n) is 3.65. The van der Waals surface area contributed by atoms with Gasteiger partial charge in [-0.3, -0.25) is 0 Å². The molecule has 0 unspecified atom stereocenters. The molecule has 0 aliphatic heterocycles. The van der Waals surface area contributed by atoms with E-state index in [4.69, 9.17) is 10.5 Å². The Hall–Kier alpha value is -0.0800. The normalized spacial score (nSPS) is 21.0. The molecule has 1 aliphatic carbocycles. The molecule has 1 aliphatic rings. The van der Waals surface area contributed by atoms with Gasteiger partial charge in [0.1, 0.15) is 0 Å². The lowest BCUT2D eigenvalue weighted by molar-refractivity contribution is 0.156. The van der Waals surface area contributed by atoms with Crippen LogP contribution in [0, 0.1) is 5.41 Å². The van der Waals surface area contributed by atoms with Crippen LogP contribution in [0.5, 0.6) is 0 Å². The number of hydrogen-bond donors (Lipinski definition) is 1. The minimum absolute atomic E-state index is 0.492. The number of rotatable bonds is 6. The van der Waals surface area contributed by atoms with Crippen LogP contribution in [0.3, 0.4) is 0 Å². The van der Waals surface area contributed by atoms with Crippen molar-refractivity contribution in [3.8, 4) is 0 Å². The highest BCUT2D eigenvalue weighted by Crippen LogP contribution is 2.39. The summed E-state index contributed by atoms with van der Waals surface area (Å²) < 4.78 is 5.07. The van der Waals surface area contributed by atoms with Crippen LogP contribution in [0.4, 0.5) is 0 Å². The molecular weight excluding hydrogens is 174 g/mol. The minimum Gasteiger partial charge on any atom is -0.385 e. The molecule has 0 amide bonds. The lowest BCUT2D eigenvalue weighted by Gasteiger charge is -2.36. The zero-order valence-corrected chi connectivity index (χ0v) is 9.56. The fraction of sp³-hybridized carbons (Fsp3) is 1.00. The SMILES string of the molecule is COCCCCC1(CN)CCCCC1. The third kappa shape index (κ3) is 3.58. The Bertz CT molecular complexity index is 141. The van der Waals surface area contributed by atoms with E-state index < -0.39 is 0 Å². The summed E-state index contributed by atoms with van der Waals surface area (Å²) in [5.74, 6) is 0. The van der Waals surface area contributed by atoms with E-state index in [1.54, 1.807) is 7.11 Å². The van der Waals surface area contributed by atoms with Crippen molar-refractivity contribution < 1.29 is 4.74 Å². The maximum atomic E-state index is 5.92. The molecule has 2 heteroatoms. The number of unbranched alkanes of at least 4 members (excludes halogenated alkanes) is 1. The Morgan fingerprint density at radius 2 is 1.86 bits per heavy atom. The van der Waals surface area contributed by atoms with Crippen LogP contribution in [0.15, 0.2) is 0 Å². The van der Waals surface area contributed by atoms with Gasteiger partial charge in [0, 0.05) is 13.7 Å². The van der Waals surface area contributed by atoms with E-state index in [9.17, 15) is 0 Å². The van der Waals surface area contributed by atoms with Crippen molar-refractivity contribution in [2.24, 2.45) is 11.1 Å². The van der Waals surface area contributed by atoms with E-state index in [0.717, 1.165) is 13.2 Å². The Balaban J connectivity index is 2.22. The Kier molecular flexibility index (Phi) is 5.49. The molecule has 0 heterocycles. The molecule has 1 rings (SSSR count). The first kappa shape index (κ1) is 12.0. The molecule has 1 saturated carbocycles. The highest BCUT2D eigenvalue weighted by Gasteiger charge is 2.29. The van der Waals surface area contributed by atoms with Crippen LogP contribution < -0.4 is 5.73 Å². The van der Waals surface area contributed by atoms with Gasteiger partial charge in [-0.15, -0.1) is 0 Å². The van der Waals surface area contributed by atoms with Gasteiger partial charge in [0.15, 0.2) is 0 Å². The van der Waals surface area contributed by atoms with Crippen molar-refractivity contribution >= 4 is 0 Å². The third-order valence-corrected chi connectivity index (χ3v) is 3.65. The molecule has 2 nitrogen and oxygen atoms in total. The summed E-state index contributed by atoms with van der Waals surface area (Å²) in [7, 11) is 1.78. The molecule has 1 fully saturated rings. The lowest BCUT2D eigenvalue weighted by Crippen LogP contribution is -2.32. The van der Waals surface area contributed by atoms with Crippen molar-refractivity contribution in [3.63, 3.8) is 0 Å². The van der Waals surface area contributed by atoms with Gasteiger partial charge in [-0.25, -0.2) is 0 Å². The summed E-state index contributed by atoms with van der Waals surface area (Å²) in [6.07, 6.45) is 10.7. The monoisotopic (exact) mass is 199 g/mol. The number of hydrogen-bond acceptors (Lipinski definition) is 2. The number of methoxy groups -OCH3 is 1. The second-order valence-corrected chi connectivity index (χ2v) is 4.71. The summed E-state index contributed by atoms with van der Waals surface area (Å²) in [6.45, 7) is 1.79. The molecule has 0 saturated heterocycles. The van der Waals surface area contributed by atoms with Crippen molar-refractivity contribution in [3.05, 3.63) is 0 Å². The summed E-state index contributed by atoms with van der Waals surface area (Å²) in [4.78, 5) is 0. The molecule has 84 valence electrons. The van der Waals surface area contributed by atoms with Gasteiger partial charge in [-0.05, 0) is 37.6 Å². The zero-order chi connectivity index (χ0) is 10.3.